The number of carbonyl (C=O) groups is 1. The molecule has 0 bridgehead atoms. The number of benzene rings is 1. The van der Waals surface area contributed by atoms with Crippen LogP contribution in [0.1, 0.15) is 23.1 Å². The number of anilines is 3. The van der Waals surface area contributed by atoms with Crippen molar-refractivity contribution < 1.29 is 4.79 Å². The van der Waals surface area contributed by atoms with Gasteiger partial charge in [0.25, 0.3) is 0 Å². The lowest BCUT2D eigenvalue weighted by atomic mass is 9.73. The van der Waals surface area contributed by atoms with Crippen LogP contribution in [0.15, 0.2) is 24.3 Å². The van der Waals surface area contributed by atoms with E-state index in [9.17, 15) is 10.1 Å². The summed E-state index contributed by atoms with van der Waals surface area (Å²) in [4.78, 5) is 28.4. The van der Waals surface area contributed by atoms with E-state index in [1.54, 1.807) is 16.2 Å². The lowest BCUT2D eigenvalue weighted by Crippen LogP contribution is -2.73. The Hall–Kier alpha value is -3.69. The summed E-state index contributed by atoms with van der Waals surface area (Å²) in [6.45, 7) is 7.25. The van der Waals surface area contributed by atoms with E-state index in [0.29, 0.717) is 23.7 Å². The minimum absolute atomic E-state index is 0.137. The van der Waals surface area contributed by atoms with Crippen LogP contribution >= 0.6 is 22.7 Å². The number of imidazole rings is 1. The zero-order chi connectivity index (χ0) is 25.2. The molecule has 2 aliphatic rings. The molecular formula is C24H25N9OS2. The third kappa shape index (κ3) is 3.50. The van der Waals surface area contributed by atoms with Crippen LogP contribution in [0, 0.1) is 23.7 Å². The van der Waals surface area contributed by atoms with Crippen LogP contribution < -0.4 is 15.5 Å². The summed E-state index contributed by atoms with van der Waals surface area (Å²) in [5.74, 6) is 0.863. The molecule has 1 aromatic carbocycles. The number of aromatic nitrogens is 4. The molecular weight excluding hydrogens is 494 g/mol. The number of amides is 2. The highest BCUT2D eigenvalue weighted by Gasteiger charge is 2.53. The number of rotatable bonds is 5. The Morgan fingerprint density at radius 2 is 1.92 bits per heavy atom. The molecule has 2 aliphatic heterocycles. The summed E-state index contributed by atoms with van der Waals surface area (Å²) in [6.07, 6.45) is 0.752. The van der Waals surface area contributed by atoms with Crippen molar-refractivity contribution in [2.45, 2.75) is 20.3 Å². The zero-order valence-corrected chi connectivity index (χ0v) is 21.9. The van der Waals surface area contributed by atoms with Crippen molar-refractivity contribution in [3.05, 3.63) is 40.4 Å². The smallest absolute Gasteiger partial charge is 0.314 e. The third-order valence-corrected chi connectivity index (χ3v) is 8.91. The first-order chi connectivity index (χ1) is 17.3. The summed E-state index contributed by atoms with van der Waals surface area (Å²) in [5, 5.41) is 16.3. The van der Waals surface area contributed by atoms with Crippen LogP contribution in [0.25, 0.3) is 16.2 Å². The number of carbonyl (C=O) groups excluding carboxylic acids is 1. The molecule has 0 radical (unpaired) electrons. The summed E-state index contributed by atoms with van der Waals surface area (Å²) >= 11 is 2.93. The fraction of sp³-hybridized carbons (Fsp3) is 0.375. The average molecular weight is 520 g/mol. The summed E-state index contributed by atoms with van der Waals surface area (Å²) < 4.78 is 1.89. The average Bonchev–Trinajstić information content (AvgIpc) is 3.49. The van der Waals surface area contributed by atoms with Gasteiger partial charge in [-0.2, -0.15) is 9.78 Å². The van der Waals surface area contributed by atoms with E-state index in [4.69, 9.17) is 20.8 Å². The van der Waals surface area contributed by atoms with Gasteiger partial charge in [0.05, 0.1) is 5.69 Å². The van der Waals surface area contributed by atoms with Crippen LogP contribution in [0.2, 0.25) is 0 Å². The number of fused-ring (bicyclic) bond motifs is 1. The lowest BCUT2D eigenvalue weighted by Gasteiger charge is -2.59. The van der Waals surface area contributed by atoms with Gasteiger partial charge in [-0.3, -0.25) is 0 Å². The highest BCUT2D eigenvalue weighted by Crippen LogP contribution is 2.44. The largest absolute Gasteiger partial charge is 0.351 e. The van der Waals surface area contributed by atoms with E-state index in [2.05, 4.69) is 17.9 Å². The van der Waals surface area contributed by atoms with E-state index >= 15 is 0 Å². The molecule has 5 heterocycles. The quantitative estimate of drug-likeness (QED) is 0.428. The molecule has 0 aliphatic carbocycles. The number of nitrogens with two attached hydrogens (primary N) is 1. The molecule has 0 atom stereocenters. The van der Waals surface area contributed by atoms with Gasteiger partial charge in [-0.1, -0.05) is 59.4 Å². The minimum Gasteiger partial charge on any atom is -0.351 e. The molecule has 6 rings (SSSR count). The Morgan fingerprint density at radius 1 is 1.19 bits per heavy atom. The summed E-state index contributed by atoms with van der Waals surface area (Å²) in [7, 11) is 1.95. The van der Waals surface area contributed by atoms with Gasteiger partial charge >= 0.3 is 6.03 Å². The number of urea groups is 1. The monoisotopic (exact) mass is 519 g/mol. The van der Waals surface area contributed by atoms with Crippen LogP contribution in [0.4, 0.5) is 20.9 Å². The van der Waals surface area contributed by atoms with E-state index in [1.807, 2.05) is 47.7 Å². The first kappa shape index (κ1) is 22.8. The molecule has 36 heavy (non-hydrogen) atoms. The molecule has 2 fully saturated rings. The maximum Gasteiger partial charge on any atom is 0.314 e. The summed E-state index contributed by atoms with van der Waals surface area (Å²) in [6, 6.07) is 10.0. The topological polar surface area (TPSA) is 120 Å². The molecule has 1 spiro atoms. The molecule has 4 aromatic rings. The number of likely N-dealkylation sites (tertiary alicyclic amines) is 1. The number of hydrogen-bond donors (Lipinski definition) is 1. The Labute approximate surface area is 216 Å². The molecule has 184 valence electrons. The van der Waals surface area contributed by atoms with E-state index < -0.39 is 0 Å². The molecule has 12 heteroatoms. The Bertz CT molecular complexity index is 1510. The molecule has 0 saturated carbocycles. The number of hydrogen-bond acceptors (Lipinski definition) is 9. The SMILES string of the molecule is CCc1nc2sc(N3CC4(CN(C(N)=O)C4)C3)nn2c1N(C)c1nc(-c2ccc(C)cc2)c(C#N)s1. The standard InChI is InChI=1S/C24H25N9OS2/c1-4-16-19(30(3)21-28-18(17(9-25)35-21)15-7-5-14(2)6-8-15)33-22(27-16)36-23(29-33)32-12-24(13-32)10-31(11-24)20(26)34/h5-8H,4,10-13H2,1-3H3,(H2,26,34). The van der Waals surface area contributed by atoms with Crippen molar-refractivity contribution in [1.29, 1.82) is 5.26 Å². The van der Waals surface area contributed by atoms with Crippen molar-refractivity contribution in [2.75, 3.05) is 43.0 Å². The van der Waals surface area contributed by atoms with Gasteiger partial charge in [-0.05, 0) is 13.3 Å². The van der Waals surface area contributed by atoms with Gasteiger partial charge in [0.1, 0.15) is 16.6 Å². The zero-order valence-electron chi connectivity index (χ0n) is 20.2. The van der Waals surface area contributed by atoms with Crippen molar-refractivity contribution >= 4 is 49.7 Å². The Balaban J connectivity index is 1.30. The Kier molecular flexibility index (Phi) is 5.17. The highest BCUT2D eigenvalue weighted by molar-refractivity contribution is 7.20. The maximum absolute atomic E-state index is 11.3. The fourth-order valence-electron chi connectivity index (χ4n) is 5.01. The predicted octanol–water partition coefficient (Wildman–Crippen LogP) is 3.63. The maximum atomic E-state index is 11.3. The molecule has 2 amide bonds. The van der Waals surface area contributed by atoms with Crippen LogP contribution in [-0.4, -0.2) is 63.7 Å². The number of nitriles is 1. The van der Waals surface area contributed by atoms with E-state index in [0.717, 1.165) is 57.4 Å². The lowest BCUT2D eigenvalue weighted by molar-refractivity contribution is 0.0107. The number of nitrogens with zero attached hydrogens (tertiary/aromatic N) is 8. The van der Waals surface area contributed by atoms with Crippen LogP contribution in [0.3, 0.4) is 0 Å². The fourth-order valence-corrected chi connectivity index (χ4v) is 6.78. The minimum atomic E-state index is -0.348. The van der Waals surface area contributed by atoms with Gasteiger partial charge in [0.15, 0.2) is 10.9 Å². The number of thiazole rings is 1. The van der Waals surface area contributed by atoms with Crippen molar-refractivity contribution in [3.63, 3.8) is 0 Å². The molecule has 2 saturated heterocycles. The molecule has 3 aromatic heterocycles. The number of aryl methyl sites for hydroxylation is 2. The second kappa shape index (κ2) is 8.18. The van der Waals surface area contributed by atoms with Crippen molar-refractivity contribution in [1.82, 2.24) is 24.5 Å². The van der Waals surface area contributed by atoms with Gasteiger partial charge in [-0.15, -0.1) is 5.10 Å². The summed E-state index contributed by atoms with van der Waals surface area (Å²) in [5.41, 5.74) is 9.24. The van der Waals surface area contributed by atoms with E-state index in [-0.39, 0.29) is 11.4 Å². The highest BCUT2D eigenvalue weighted by atomic mass is 32.1. The van der Waals surface area contributed by atoms with Gasteiger partial charge in [0.2, 0.25) is 10.1 Å². The van der Waals surface area contributed by atoms with Gasteiger partial charge < -0.3 is 20.4 Å². The molecule has 0 unspecified atom stereocenters. The first-order valence-electron chi connectivity index (χ1n) is 11.7. The van der Waals surface area contributed by atoms with Gasteiger partial charge in [-0.25, -0.2) is 14.8 Å². The van der Waals surface area contributed by atoms with Crippen LogP contribution in [0.5, 0.6) is 0 Å². The van der Waals surface area contributed by atoms with Crippen LogP contribution in [-0.2, 0) is 6.42 Å². The normalized spacial score (nSPS) is 16.2. The molecule has 10 nitrogen and oxygen atoms in total. The third-order valence-electron chi connectivity index (χ3n) is 6.91. The van der Waals surface area contributed by atoms with Gasteiger partial charge in [0, 0.05) is 44.2 Å². The second-order valence-electron chi connectivity index (χ2n) is 9.58. The number of primary amides is 1. The predicted molar refractivity (Wildman–Crippen MR) is 141 cm³/mol. The van der Waals surface area contributed by atoms with Crippen molar-refractivity contribution in [2.24, 2.45) is 11.1 Å². The first-order valence-corrected chi connectivity index (χ1v) is 13.3. The second-order valence-corrected chi connectivity index (χ2v) is 11.5. The Morgan fingerprint density at radius 3 is 2.56 bits per heavy atom. The molecule has 2 N–H and O–H groups in total. The van der Waals surface area contributed by atoms with E-state index in [1.165, 1.54) is 11.3 Å². The van der Waals surface area contributed by atoms with Crippen molar-refractivity contribution in [3.8, 4) is 17.3 Å².